The minimum Gasteiger partial charge on any atom is -0.369 e. The van der Waals surface area contributed by atoms with Crippen LogP contribution in [-0.2, 0) is 9.53 Å². The second-order valence-corrected chi connectivity index (χ2v) is 2.01. The van der Waals surface area contributed by atoms with Crippen molar-refractivity contribution in [3.05, 3.63) is 0 Å². The number of rotatable bonds is 1. The second-order valence-electron chi connectivity index (χ2n) is 2.01. The molecule has 0 N–H and O–H groups in total. The van der Waals surface area contributed by atoms with Gasteiger partial charge in [0.1, 0.15) is 6.10 Å². The highest BCUT2D eigenvalue weighted by atomic mass is 16.5. The molecule has 1 aliphatic rings. The molecule has 1 atom stereocenters. The molecule has 2 heteroatoms. The number of terminal acetylenes is 1. The van der Waals surface area contributed by atoms with E-state index in [-0.39, 0.29) is 11.9 Å². The number of hydrogen-bond donors (Lipinski definition) is 0. The molecule has 0 bridgehead atoms. The maximum Gasteiger partial charge on any atom is 0.233 e. The van der Waals surface area contributed by atoms with E-state index in [1.165, 1.54) is 0 Å². The van der Waals surface area contributed by atoms with E-state index in [4.69, 9.17) is 11.2 Å². The Hall–Kier alpha value is -0.810. The molecule has 0 spiro atoms. The zero-order valence-electron chi connectivity index (χ0n) is 5.09. The summed E-state index contributed by atoms with van der Waals surface area (Å²) >= 11 is 0. The summed E-state index contributed by atoms with van der Waals surface area (Å²) in [5.41, 5.74) is 0. The van der Waals surface area contributed by atoms with Gasteiger partial charge in [0.25, 0.3) is 0 Å². The van der Waals surface area contributed by atoms with Crippen LogP contribution < -0.4 is 0 Å². The summed E-state index contributed by atoms with van der Waals surface area (Å²) in [7, 11) is 0. The smallest absolute Gasteiger partial charge is 0.233 e. The van der Waals surface area contributed by atoms with Crippen LogP contribution in [0.4, 0.5) is 0 Å². The Labute approximate surface area is 54.2 Å². The van der Waals surface area contributed by atoms with Crippen LogP contribution in [0.5, 0.6) is 0 Å². The van der Waals surface area contributed by atoms with Gasteiger partial charge in [0.15, 0.2) is 0 Å². The fourth-order valence-corrected chi connectivity index (χ4v) is 0.877. The molecular weight excluding hydrogens is 116 g/mol. The summed E-state index contributed by atoms with van der Waals surface area (Å²) < 4.78 is 5.01. The van der Waals surface area contributed by atoms with Crippen molar-refractivity contribution in [1.82, 2.24) is 0 Å². The van der Waals surface area contributed by atoms with Gasteiger partial charge in [-0.3, -0.25) is 4.79 Å². The highest BCUT2D eigenvalue weighted by Gasteiger charge is 2.21. The summed E-state index contributed by atoms with van der Waals surface area (Å²) in [4.78, 5) is 10.7. The molecule has 1 aliphatic heterocycles. The van der Waals surface area contributed by atoms with Gasteiger partial charge in [-0.25, -0.2) is 0 Å². The molecule has 0 aromatic carbocycles. The molecule has 9 heavy (non-hydrogen) atoms. The van der Waals surface area contributed by atoms with E-state index in [0.29, 0.717) is 6.61 Å². The molecule has 0 aromatic heterocycles. The first kappa shape index (κ1) is 6.31. The summed E-state index contributed by atoms with van der Waals surface area (Å²) in [5, 5.41) is 0. The van der Waals surface area contributed by atoms with Crippen molar-refractivity contribution in [3.8, 4) is 12.3 Å². The van der Waals surface area contributed by atoms with E-state index in [1.807, 2.05) is 5.92 Å². The summed E-state index contributed by atoms with van der Waals surface area (Å²) in [5.74, 6) is 1.83. The van der Waals surface area contributed by atoms with Gasteiger partial charge >= 0.3 is 0 Å². The molecule has 1 heterocycles. The van der Waals surface area contributed by atoms with Gasteiger partial charge < -0.3 is 4.74 Å². The Kier molecular flexibility index (Phi) is 1.86. The number of ether oxygens (including phenoxy) is 1. The number of Topliss-reactive ketones (excluding diaryl/α,β-unsaturated/α-hetero) is 1. The first-order valence-corrected chi connectivity index (χ1v) is 2.96. The lowest BCUT2D eigenvalue weighted by Gasteiger charge is -1.99. The maximum absolute atomic E-state index is 10.7. The van der Waals surface area contributed by atoms with Gasteiger partial charge in [-0.1, -0.05) is 0 Å². The van der Waals surface area contributed by atoms with E-state index >= 15 is 0 Å². The quantitative estimate of drug-likeness (QED) is 0.373. The van der Waals surface area contributed by atoms with E-state index < -0.39 is 0 Å². The second kappa shape index (κ2) is 2.65. The SMILES string of the molecule is C#CC(=O)C1CCCO1. The number of ketones is 1. The molecule has 1 unspecified atom stereocenters. The standard InChI is InChI=1S/C7H8O2/c1-2-6(8)7-4-3-5-9-7/h1,7H,3-5H2. The Bertz CT molecular complexity index is 149. The molecule has 48 valence electrons. The van der Waals surface area contributed by atoms with Crippen LogP contribution in [0.3, 0.4) is 0 Å². The van der Waals surface area contributed by atoms with Gasteiger partial charge in [0.2, 0.25) is 5.78 Å². The fraction of sp³-hybridized carbons (Fsp3) is 0.571. The van der Waals surface area contributed by atoms with Crippen molar-refractivity contribution in [3.63, 3.8) is 0 Å². The largest absolute Gasteiger partial charge is 0.369 e. The van der Waals surface area contributed by atoms with Crippen LogP contribution in [0.2, 0.25) is 0 Å². The molecule has 0 aromatic rings. The van der Waals surface area contributed by atoms with Crippen molar-refractivity contribution < 1.29 is 9.53 Å². The van der Waals surface area contributed by atoms with Gasteiger partial charge in [0.05, 0.1) is 0 Å². The van der Waals surface area contributed by atoms with Gasteiger partial charge in [0, 0.05) is 6.61 Å². The van der Waals surface area contributed by atoms with Gasteiger partial charge in [-0.05, 0) is 18.8 Å². The zero-order chi connectivity index (χ0) is 6.69. The fourth-order valence-electron chi connectivity index (χ4n) is 0.877. The summed E-state index contributed by atoms with van der Waals surface area (Å²) in [6.07, 6.45) is 6.33. The van der Waals surface area contributed by atoms with Crippen molar-refractivity contribution in [2.45, 2.75) is 18.9 Å². The molecule has 0 radical (unpaired) electrons. The Balaban J connectivity index is 2.44. The van der Waals surface area contributed by atoms with E-state index in [0.717, 1.165) is 12.8 Å². The van der Waals surface area contributed by atoms with Crippen molar-refractivity contribution in [2.24, 2.45) is 0 Å². The molecule has 2 nitrogen and oxygen atoms in total. The molecule has 1 fully saturated rings. The third-order valence-corrected chi connectivity index (χ3v) is 1.36. The van der Waals surface area contributed by atoms with Crippen LogP contribution in [0.25, 0.3) is 0 Å². The number of carbonyl (C=O) groups is 1. The van der Waals surface area contributed by atoms with Crippen LogP contribution >= 0.6 is 0 Å². The lowest BCUT2D eigenvalue weighted by atomic mass is 10.2. The van der Waals surface area contributed by atoms with Crippen molar-refractivity contribution >= 4 is 5.78 Å². The topological polar surface area (TPSA) is 26.3 Å². The minimum absolute atomic E-state index is 0.215. The lowest BCUT2D eigenvalue weighted by Crippen LogP contribution is -2.16. The Morgan fingerprint density at radius 1 is 1.78 bits per heavy atom. The van der Waals surface area contributed by atoms with Gasteiger partial charge in [-0.2, -0.15) is 0 Å². The first-order valence-electron chi connectivity index (χ1n) is 2.96. The van der Waals surface area contributed by atoms with Crippen LogP contribution in [0.15, 0.2) is 0 Å². The highest BCUT2D eigenvalue weighted by molar-refractivity contribution is 5.98. The monoisotopic (exact) mass is 124 g/mol. The molecule has 0 aliphatic carbocycles. The molecule has 0 saturated carbocycles. The summed E-state index contributed by atoms with van der Waals surface area (Å²) in [6, 6.07) is 0. The zero-order valence-corrected chi connectivity index (χ0v) is 5.09. The third kappa shape index (κ3) is 1.30. The van der Waals surface area contributed by atoms with Crippen LogP contribution in [0.1, 0.15) is 12.8 Å². The average Bonchev–Trinajstić information content (AvgIpc) is 2.37. The van der Waals surface area contributed by atoms with Crippen LogP contribution in [-0.4, -0.2) is 18.5 Å². The van der Waals surface area contributed by atoms with Crippen molar-refractivity contribution in [2.75, 3.05) is 6.61 Å². The number of hydrogen-bond acceptors (Lipinski definition) is 2. The van der Waals surface area contributed by atoms with E-state index in [9.17, 15) is 4.79 Å². The van der Waals surface area contributed by atoms with Gasteiger partial charge in [-0.15, -0.1) is 6.42 Å². The highest BCUT2D eigenvalue weighted by Crippen LogP contribution is 2.11. The van der Waals surface area contributed by atoms with E-state index in [2.05, 4.69) is 0 Å². The molecule has 1 rings (SSSR count). The third-order valence-electron chi connectivity index (χ3n) is 1.36. The molecule has 0 amide bonds. The average molecular weight is 124 g/mol. The maximum atomic E-state index is 10.7. The lowest BCUT2D eigenvalue weighted by molar-refractivity contribution is -0.122. The predicted octanol–water partition coefficient (Wildman–Crippen LogP) is 0.368. The Morgan fingerprint density at radius 3 is 3.00 bits per heavy atom. The first-order chi connectivity index (χ1) is 4.34. The molecule has 1 saturated heterocycles. The van der Waals surface area contributed by atoms with Crippen LogP contribution in [0, 0.1) is 12.3 Å². The molecular formula is C7H8O2. The normalized spacial score (nSPS) is 25.4. The predicted molar refractivity (Wildman–Crippen MR) is 32.8 cm³/mol. The van der Waals surface area contributed by atoms with Crippen molar-refractivity contribution in [1.29, 1.82) is 0 Å². The van der Waals surface area contributed by atoms with E-state index in [1.54, 1.807) is 0 Å². The number of carbonyl (C=O) groups excluding carboxylic acids is 1. The summed E-state index contributed by atoms with van der Waals surface area (Å²) in [6.45, 7) is 0.679. The minimum atomic E-state index is -0.296. The Morgan fingerprint density at radius 2 is 2.56 bits per heavy atom.